The molecule has 2 rings (SSSR count). The maximum Gasteiger partial charge on any atom is 0.285 e. The molecular formula is C8H6F2N3OP. The van der Waals surface area contributed by atoms with E-state index < -0.39 is 5.66 Å². The first kappa shape index (κ1) is 10.1. The van der Waals surface area contributed by atoms with E-state index in [1.807, 2.05) is 0 Å². The molecule has 0 bridgehead atoms. The highest BCUT2D eigenvalue weighted by atomic mass is 31.0. The maximum atomic E-state index is 12.8. The molecule has 4 nitrogen and oxygen atoms in total. The molecule has 1 atom stereocenters. The zero-order valence-corrected chi connectivity index (χ0v) is 8.55. The molecule has 0 saturated heterocycles. The smallest absolute Gasteiger partial charge is 0.285 e. The van der Waals surface area contributed by atoms with Crippen molar-refractivity contribution in [3.63, 3.8) is 0 Å². The normalized spacial score (nSPS) is 11.7. The van der Waals surface area contributed by atoms with Crippen molar-refractivity contribution in [2.45, 2.75) is 5.66 Å². The number of hydrogen-bond donors (Lipinski definition) is 0. The van der Waals surface area contributed by atoms with Crippen LogP contribution >= 0.6 is 9.24 Å². The van der Waals surface area contributed by atoms with Crippen LogP contribution in [0.2, 0.25) is 0 Å². The van der Waals surface area contributed by atoms with Crippen LogP contribution in [0, 0.1) is 0 Å². The number of rotatable bonds is 2. The summed E-state index contributed by atoms with van der Waals surface area (Å²) in [6.07, 6.45) is 2.23. The second kappa shape index (κ2) is 3.62. The van der Waals surface area contributed by atoms with Gasteiger partial charge < -0.3 is 4.52 Å². The quantitative estimate of drug-likeness (QED) is 0.739. The number of aromatic nitrogens is 3. The molecule has 0 aromatic carbocycles. The van der Waals surface area contributed by atoms with Crippen LogP contribution in [0.25, 0.3) is 11.5 Å². The molecule has 0 aliphatic heterocycles. The first-order chi connectivity index (χ1) is 7.07. The fourth-order valence-electron chi connectivity index (χ4n) is 1.01. The molecule has 7 heteroatoms. The SMILES string of the molecule is FC(F)(P)c1ccc(-c2ncon2)nc1. The third kappa shape index (κ3) is 2.15. The van der Waals surface area contributed by atoms with Gasteiger partial charge in [-0.1, -0.05) is 14.4 Å². The lowest BCUT2D eigenvalue weighted by Gasteiger charge is -2.09. The van der Waals surface area contributed by atoms with E-state index in [2.05, 4.69) is 19.6 Å². The molecule has 1 unspecified atom stereocenters. The van der Waals surface area contributed by atoms with Gasteiger partial charge in [-0.05, 0) is 12.1 Å². The molecule has 15 heavy (non-hydrogen) atoms. The molecule has 0 radical (unpaired) electrons. The van der Waals surface area contributed by atoms with Crippen LogP contribution in [0.15, 0.2) is 29.2 Å². The Morgan fingerprint density at radius 3 is 2.53 bits per heavy atom. The summed E-state index contributed by atoms with van der Waals surface area (Å²) >= 11 is 0. The van der Waals surface area contributed by atoms with E-state index in [0.29, 0.717) is 5.69 Å². The molecule has 0 fully saturated rings. The van der Waals surface area contributed by atoms with Crippen LogP contribution < -0.4 is 0 Å². The van der Waals surface area contributed by atoms with Crippen molar-refractivity contribution in [3.05, 3.63) is 30.3 Å². The molecule has 2 heterocycles. The van der Waals surface area contributed by atoms with Gasteiger partial charge in [0.05, 0.1) is 0 Å². The number of nitrogens with zero attached hydrogens (tertiary/aromatic N) is 3. The molecule has 0 amide bonds. The second-order valence-corrected chi connectivity index (χ2v) is 3.54. The molecule has 0 saturated carbocycles. The predicted molar refractivity (Wildman–Crippen MR) is 51.1 cm³/mol. The fourth-order valence-corrected chi connectivity index (χ4v) is 1.18. The van der Waals surface area contributed by atoms with E-state index in [1.165, 1.54) is 21.4 Å². The Hall–Kier alpha value is -1.42. The number of alkyl halides is 2. The zero-order valence-electron chi connectivity index (χ0n) is 7.39. The minimum atomic E-state index is -2.97. The van der Waals surface area contributed by atoms with Gasteiger partial charge in [0.1, 0.15) is 5.69 Å². The highest BCUT2D eigenvalue weighted by Crippen LogP contribution is 2.34. The van der Waals surface area contributed by atoms with Crippen molar-refractivity contribution in [3.8, 4) is 11.5 Å². The van der Waals surface area contributed by atoms with Crippen LogP contribution in [0.4, 0.5) is 8.78 Å². The van der Waals surface area contributed by atoms with E-state index in [9.17, 15) is 8.78 Å². The average molecular weight is 229 g/mol. The Bertz CT molecular complexity index is 438. The Labute approximate surface area is 85.9 Å². The summed E-state index contributed by atoms with van der Waals surface area (Å²) in [5.41, 5.74) is -2.76. The van der Waals surface area contributed by atoms with Gasteiger partial charge >= 0.3 is 0 Å². The van der Waals surface area contributed by atoms with Crippen molar-refractivity contribution in [2.24, 2.45) is 0 Å². The summed E-state index contributed by atoms with van der Waals surface area (Å²) in [6, 6.07) is 2.68. The summed E-state index contributed by atoms with van der Waals surface area (Å²) in [5, 5.41) is 3.54. The summed E-state index contributed by atoms with van der Waals surface area (Å²) < 4.78 is 30.1. The van der Waals surface area contributed by atoms with Gasteiger partial charge in [0.25, 0.3) is 5.66 Å². The first-order valence-corrected chi connectivity index (χ1v) is 4.55. The second-order valence-electron chi connectivity index (χ2n) is 2.81. The molecule has 78 valence electrons. The van der Waals surface area contributed by atoms with Crippen molar-refractivity contribution in [1.29, 1.82) is 0 Å². The van der Waals surface area contributed by atoms with Gasteiger partial charge in [-0.25, -0.2) is 0 Å². The van der Waals surface area contributed by atoms with E-state index in [4.69, 9.17) is 0 Å². The lowest BCUT2D eigenvalue weighted by molar-refractivity contribution is 0.103. The Kier molecular flexibility index (Phi) is 2.44. The van der Waals surface area contributed by atoms with Gasteiger partial charge in [-0.2, -0.15) is 13.8 Å². The van der Waals surface area contributed by atoms with Gasteiger partial charge in [0.15, 0.2) is 0 Å². The molecule has 0 aliphatic carbocycles. The molecule has 2 aromatic rings. The molecular weight excluding hydrogens is 223 g/mol. The topological polar surface area (TPSA) is 51.8 Å². The van der Waals surface area contributed by atoms with Gasteiger partial charge in [-0.15, -0.1) is 0 Å². The standard InChI is InChI=1S/C8H6F2N3OP/c9-8(10,15)5-1-2-6(11-3-5)7-12-4-14-13-7/h1-4H,15H2. The zero-order chi connectivity index (χ0) is 10.9. The van der Waals surface area contributed by atoms with Gasteiger partial charge in [-0.3, -0.25) is 4.98 Å². The summed E-state index contributed by atoms with van der Waals surface area (Å²) in [4.78, 5) is 7.55. The monoisotopic (exact) mass is 229 g/mol. The third-order valence-corrected chi connectivity index (χ3v) is 2.07. The summed E-state index contributed by atoms with van der Waals surface area (Å²) in [7, 11) is 1.45. The molecule has 0 N–H and O–H groups in total. The minimum absolute atomic E-state index is 0.181. The van der Waals surface area contributed by atoms with E-state index in [0.717, 1.165) is 12.6 Å². The number of halogens is 2. The minimum Gasteiger partial charge on any atom is -0.342 e. The Morgan fingerprint density at radius 2 is 2.07 bits per heavy atom. The highest BCUT2D eigenvalue weighted by Gasteiger charge is 2.24. The van der Waals surface area contributed by atoms with E-state index in [-0.39, 0.29) is 11.4 Å². The molecule has 0 spiro atoms. The maximum absolute atomic E-state index is 12.8. The fraction of sp³-hybridized carbons (Fsp3) is 0.125. The lowest BCUT2D eigenvalue weighted by Crippen LogP contribution is -2.02. The van der Waals surface area contributed by atoms with E-state index in [1.54, 1.807) is 0 Å². The van der Waals surface area contributed by atoms with E-state index >= 15 is 0 Å². The lowest BCUT2D eigenvalue weighted by atomic mass is 10.2. The average Bonchev–Trinajstić information content (AvgIpc) is 2.69. The number of hydrogen-bond acceptors (Lipinski definition) is 4. The molecule has 2 aromatic heterocycles. The third-order valence-electron chi connectivity index (χ3n) is 1.74. The van der Waals surface area contributed by atoms with Crippen LogP contribution in [0.5, 0.6) is 0 Å². The highest BCUT2D eigenvalue weighted by molar-refractivity contribution is 7.17. The van der Waals surface area contributed by atoms with Crippen molar-refractivity contribution in [2.75, 3.05) is 0 Å². The summed E-state index contributed by atoms with van der Waals surface area (Å²) in [5.74, 6) is 0.272. The Balaban J connectivity index is 2.33. The summed E-state index contributed by atoms with van der Waals surface area (Å²) in [6.45, 7) is 0. The van der Waals surface area contributed by atoms with Crippen molar-refractivity contribution >= 4 is 9.24 Å². The largest absolute Gasteiger partial charge is 0.342 e. The Morgan fingerprint density at radius 1 is 1.27 bits per heavy atom. The van der Waals surface area contributed by atoms with Crippen LogP contribution in [-0.2, 0) is 5.66 Å². The van der Waals surface area contributed by atoms with Crippen LogP contribution in [0.1, 0.15) is 5.56 Å². The van der Waals surface area contributed by atoms with Crippen LogP contribution in [0.3, 0.4) is 0 Å². The predicted octanol–water partition coefficient (Wildman–Crippen LogP) is 2.06. The van der Waals surface area contributed by atoms with Crippen molar-refractivity contribution < 1.29 is 13.3 Å². The molecule has 0 aliphatic rings. The van der Waals surface area contributed by atoms with Gasteiger partial charge in [0.2, 0.25) is 12.2 Å². The van der Waals surface area contributed by atoms with Crippen molar-refractivity contribution in [1.82, 2.24) is 15.1 Å². The first-order valence-electron chi connectivity index (χ1n) is 3.97. The number of pyridine rings is 1. The van der Waals surface area contributed by atoms with Crippen LogP contribution in [-0.4, -0.2) is 15.1 Å². The van der Waals surface area contributed by atoms with Gasteiger partial charge in [0, 0.05) is 11.8 Å².